The molecule has 2 aromatic rings. The van der Waals surface area contributed by atoms with Gasteiger partial charge in [-0.2, -0.15) is 0 Å². The van der Waals surface area contributed by atoms with Gasteiger partial charge in [0.1, 0.15) is 0 Å². The zero-order valence-electron chi connectivity index (χ0n) is 16.2. The summed E-state index contributed by atoms with van der Waals surface area (Å²) in [5.74, 6) is 0. The Morgan fingerprint density at radius 3 is 2.89 bits per heavy atom. The Labute approximate surface area is 163 Å². The largest absolute Gasteiger partial charge is 0.330 e. The van der Waals surface area contributed by atoms with Crippen LogP contribution >= 0.6 is 0 Å². The van der Waals surface area contributed by atoms with Gasteiger partial charge in [-0.25, -0.2) is 0 Å². The smallest absolute Gasteiger partial charge is 0.0605 e. The lowest BCUT2D eigenvalue weighted by atomic mass is 9.88. The van der Waals surface area contributed by atoms with Gasteiger partial charge in [0.15, 0.2) is 0 Å². The second-order valence-corrected chi connectivity index (χ2v) is 8.07. The summed E-state index contributed by atoms with van der Waals surface area (Å²) in [6.45, 7) is 1.75. The number of benzene rings is 1. The van der Waals surface area contributed by atoms with Crippen LogP contribution in [0.25, 0.3) is 0 Å². The Morgan fingerprint density at radius 1 is 1.15 bits per heavy atom. The maximum Gasteiger partial charge on any atom is 0.0605 e. The fourth-order valence-electron chi connectivity index (χ4n) is 4.72. The van der Waals surface area contributed by atoms with Crippen molar-refractivity contribution in [2.24, 2.45) is 5.73 Å². The third-order valence-corrected chi connectivity index (χ3v) is 6.12. The molecule has 2 aliphatic rings. The molecule has 1 aromatic heterocycles. The molecule has 144 valence electrons. The van der Waals surface area contributed by atoms with Crippen molar-refractivity contribution >= 4 is 0 Å². The van der Waals surface area contributed by atoms with Gasteiger partial charge in [0.2, 0.25) is 0 Å². The molecule has 4 rings (SSSR count). The lowest BCUT2D eigenvalue weighted by Gasteiger charge is -2.33. The van der Waals surface area contributed by atoms with E-state index in [-0.39, 0.29) is 0 Å². The van der Waals surface area contributed by atoms with Crippen molar-refractivity contribution in [1.29, 1.82) is 0 Å². The summed E-state index contributed by atoms with van der Waals surface area (Å²) in [4.78, 5) is 4.71. The average molecular weight is 365 g/mol. The van der Waals surface area contributed by atoms with E-state index < -0.39 is 0 Å². The van der Waals surface area contributed by atoms with E-state index >= 15 is 0 Å². The number of pyridine rings is 1. The predicted octanol–water partition coefficient (Wildman–Crippen LogP) is 3.26. The molecule has 0 saturated carbocycles. The molecule has 3 atom stereocenters. The van der Waals surface area contributed by atoms with Gasteiger partial charge in [-0.3, -0.25) is 4.98 Å². The van der Waals surface area contributed by atoms with Gasteiger partial charge in [0.05, 0.1) is 5.69 Å². The van der Waals surface area contributed by atoms with Crippen LogP contribution in [0.5, 0.6) is 0 Å². The van der Waals surface area contributed by atoms with Gasteiger partial charge in [0, 0.05) is 30.9 Å². The molecule has 1 aliphatic carbocycles. The molecule has 4 nitrogen and oxygen atoms in total. The lowest BCUT2D eigenvalue weighted by molar-refractivity contribution is 0.314. The minimum absolute atomic E-state index is 0.383. The van der Waals surface area contributed by atoms with E-state index in [9.17, 15) is 0 Å². The number of nitrogens with one attached hydrogen (secondary N) is 2. The van der Waals surface area contributed by atoms with Crippen LogP contribution in [0.3, 0.4) is 0 Å². The van der Waals surface area contributed by atoms with E-state index in [1.54, 1.807) is 0 Å². The first-order valence-electron chi connectivity index (χ1n) is 10.5. The summed E-state index contributed by atoms with van der Waals surface area (Å²) < 4.78 is 0. The van der Waals surface area contributed by atoms with E-state index in [0.717, 1.165) is 45.2 Å². The van der Waals surface area contributed by atoms with Gasteiger partial charge < -0.3 is 16.4 Å². The van der Waals surface area contributed by atoms with Crippen molar-refractivity contribution in [3.05, 3.63) is 65.0 Å². The summed E-state index contributed by atoms with van der Waals surface area (Å²) >= 11 is 0. The summed E-state index contributed by atoms with van der Waals surface area (Å²) in [5, 5.41) is 7.71. The van der Waals surface area contributed by atoms with Crippen molar-refractivity contribution in [1.82, 2.24) is 15.6 Å². The normalized spacial score (nSPS) is 22.7. The molecule has 1 aromatic carbocycles. The molecule has 0 radical (unpaired) electrons. The highest BCUT2D eigenvalue weighted by Gasteiger charge is 2.26. The second kappa shape index (κ2) is 8.96. The minimum Gasteiger partial charge on any atom is -0.330 e. The van der Waals surface area contributed by atoms with Gasteiger partial charge >= 0.3 is 0 Å². The van der Waals surface area contributed by atoms with Crippen LogP contribution in [0.2, 0.25) is 0 Å². The molecule has 0 saturated heterocycles. The molecule has 0 fully saturated rings. The van der Waals surface area contributed by atoms with Gasteiger partial charge in [-0.1, -0.05) is 30.3 Å². The number of hydrogen-bond donors (Lipinski definition) is 3. The molecule has 1 aliphatic heterocycles. The quantitative estimate of drug-likeness (QED) is 0.706. The maximum absolute atomic E-state index is 5.83. The van der Waals surface area contributed by atoms with Crippen molar-refractivity contribution in [2.45, 2.75) is 69.6 Å². The van der Waals surface area contributed by atoms with E-state index in [2.05, 4.69) is 47.0 Å². The van der Waals surface area contributed by atoms with Crippen LogP contribution in [-0.4, -0.2) is 23.6 Å². The number of aromatic nitrogens is 1. The average Bonchev–Trinajstić information content (AvgIpc) is 2.72. The van der Waals surface area contributed by atoms with E-state index in [0.29, 0.717) is 18.1 Å². The maximum atomic E-state index is 5.83. The van der Waals surface area contributed by atoms with E-state index in [4.69, 9.17) is 10.7 Å². The molecule has 4 N–H and O–H groups in total. The third-order valence-electron chi connectivity index (χ3n) is 6.12. The van der Waals surface area contributed by atoms with Crippen LogP contribution in [-0.2, 0) is 19.4 Å². The molecule has 1 unspecified atom stereocenters. The highest BCUT2D eigenvalue weighted by atomic mass is 15.0. The standard InChI is InChI=1S/C23H32N4/c24-12-4-10-20(15-21-14-18-6-1-2-7-19(18)16-26-21)27-22-11-3-8-17-9-5-13-25-23(17)22/h1-2,5-7,9,13,20-22,26-27H,3-4,8,10-12,14-16,24H2/t20?,21-,22-/m0/s1. The van der Waals surface area contributed by atoms with Crippen LogP contribution in [0.4, 0.5) is 0 Å². The van der Waals surface area contributed by atoms with Gasteiger partial charge in [-0.15, -0.1) is 0 Å². The number of nitrogens with zero attached hydrogens (tertiary/aromatic N) is 1. The summed E-state index contributed by atoms with van der Waals surface area (Å²) in [6.07, 6.45) is 10.0. The fourth-order valence-corrected chi connectivity index (χ4v) is 4.72. The first kappa shape index (κ1) is 18.6. The van der Waals surface area contributed by atoms with Crippen molar-refractivity contribution < 1.29 is 0 Å². The molecule has 0 spiro atoms. The molecular weight excluding hydrogens is 332 g/mol. The Balaban J connectivity index is 1.43. The number of fused-ring (bicyclic) bond motifs is 2. The van der Waals surface area contributed by atoms with Crippen molar-refractivity contribution in [2.75, 3.05) is 6.54 Å². The Bertz CT molecular complexity index is 745. The first-order valence-corrected chi connectivity index (χ1v) is 10.5. The lowest BCUT2D eigenvalue weighted by Crippen LogP contribution is -2.43. The monoisotopic (exact) mass is 364 g/mol. The minimum atomic E-state index is 0.383. The highest BCUT2D eigenvalue weighted by molar-refractivity contribution is 5.30. The summed E-state index contributed by atoms with van der Waals surface area (Å²) in [5.41, 5.74) is 11.5. The van der Waals surface area contributed by atoms with Crippen LogP contribution in [0, 0.1) is 0 Å². The number of aryl methyl sites for hydroxylation is 1. The van der Waals surface area contributed by atoms with Crippen LogP contribution in [0.15, 0.2) is 42.6 Å². The van der Waals surface area contributed by atoms with E-state index in [1.807, 2.05) is 6.20 Å². The SMILES string of the molecule is NCCCC(C[C@@H]1Cc2ccccc2CN1)N[C@H]1CCCc2cccnc21. The van der Waals surface area contributed by atoms with Crippen molar-refractivity contribution in [3.63, 3.8) is 0 Å². The fraction of sp³-hybridized carbons (Fsp3) is 0.522. The zero-order chi connectivity index (χ0) is 18.5. The number of nitrogens with two attached hydrogens (primary N) is 1. The van der Waals surface area contributed by atoms with Crippen LogP contribution < -0.4 is 16.4 Å². The van der Waals surface area contributed by atoms with Crippen LogP contribution in [0.1, 0.15) is 60.5 Å². The van der Waals surface area contributed by atoms with Gasteiger partial charge in [-0.05, 0) is 74.2 Å². The number of hydrogen-bond acceptors (Lipinski definition) is 4. The zero-order valence-corrected chi connectivity index (χ0v) is 16.2. The molecule has 2 heterocycles. The van der Waals surface area contributed by atoms with Gasteiger partial charge in [0.25, 0.3) is 0 Å². The summed E-state index contributed by atoms with van der Waals surface area (Å²) in [7, 11) is 0. The first-order chi connectivity index (χ1) is 13.3. The highest BCUT2D eigenvalue weighted by Crippen LogP contribution is 2.29. The summed E-state index contributed by atoms with van der Waals surface area (Å²) in [6, 6.07) is 14.5. The molecule has 0 bridgehead atoms. The number of rotatable bonds is 7. The van der Waals surface area contributed by atoms with Crippen molar-refractivity contribution in [3.8, 4) is 0 Å². The predicted molar refractivity (Wildman–Crippen MR) is 111 cm³/mol. The van der Waals surface area contributed by atoms with E-state index in [1.165, 1.54) is 35.2 Å². The Kier molecular flexibility index (Phi) is 6.17. The molecule has 27 heavy (non-hydrogen) atoms. The molecule has 4 heteroatoms. The Hall–Kier alpha value is -1.75. The molecule has 0 amide bonds. The topological polar surface area (TPSA) is 63.0 Å². The third kappa shape index (κ3) is 4.57. The Morgan fingerprint density at radius 2 is 2.00 bits per heavy atom. The molecular formula is C23H32N4. The second-order valence-electron chi connectivity index (χ2n) is 8.07.